The fraction of sp³-hybridized carbons (Fsp3) is 0.0833. The Morgan fingerprint density at radius 2 is 2.12 bits per heavy atom. The molecule has 0 radical (unpaired) electrons. The minimum Gasteiger partial charge on any atom is -0.465 e. The summed E-state index contributed by atoms with van der Waals surface area (Å²) >= 11 is 0. The number of rotatable bonds is 1. The highest BCUT2D eigenvalue weighted by Gasteiger charge is 2.09. The van der Waals surface area contributed by atoms with Gasteiger partial charge in [0.25, 0.3) is 0 Å². The van der Waals surface area contributed by atoms with Crippen molar-refractivity contribution in [3.8, 4) is 0 Å². The zero-order valence-electron chi connectivity index (χ0n) is 8.77. The molecule has 0 bridgehead atoms. The second kappa shape index (κ2) is 4.53. The van der Waals surface area contributed by atoms with Gasteiger partial charge < -0.3 is 9.26 Å². The molecule has 0 saturated carbocycles. The van der Waals surface area contributed by atoms with E-state index in [1.165, 1.54) is 7.11 Å². The summed E-state index contributed by atoms with van der Waals surface area (Å²) in [7, 11) is 1.35. The Balaban J connectivity index is 2.77. The van der Waals surface area contributed by atoms with Crippen molar-refractivity contribution in [1.82, 2.24) is 5.16 Å². The zero-order valence-corrected chi connectivity index (χ0v) is 8.77. The van der Waals surface area contributed by atoms with Crippen molar-refractivity contribution in [2.75, 3.05) is 7.11 Å². The maximum atomic E-state index is 11.5. The summed E-state index contributed by atoms with van der Waals surface area (Å²) in [6, 6.07) is 10.6. The van der Waals surface area contributed by atoms with Gasteiger partial charge in [-0.25, -0.2) is 9.95 Å². The van der Waals surface area contributed by atoms with Crippen molar-refractivity contribution in [2.24, 2.45) is 0 Å². The van der Waals surface area contributed by atoms with E-state index in [9.17, 15) is 4.79 Å². The second-order valence-electron chi connectivity index (χ2n) is 3.15. The van der Waals surface area contributed by atoms with E-state index in [0.29, 0.717) is 16.5 Å². The van der Waals surface area contributed by atoms with Crippen molar-refractivity contribution >= 4 is 16.9 Å². The number of nitrogens with one attached hydrogen (secondary N) is 1. The predicted molar refractivity (Wildman–Crippen MR) is 59.5 cm³/mol. The van der Waals surface area contributed by atoms with Crippen LogP contribution >= 0.6 is 0 Å². The third-order valence-electron chi connectivity index (χ3n) is 2.18. The van der Waals surface area contributed by atoms with E-state index in [1.807, 2.05) is 6.07 Å². The molecule has 0 atom stereocenters. The number of aromatic nitrogens is 1. The van der Waals surface area contributed by atoms with Gasteiger partial charge in [-0.2, -0.15) is 0 Å². The fourth-order valence-electron chi connectivity index (χ4n) is 1.44. The Labute approximate surface area is 92.1 Å². The minimum atomic E-state index is -0.380. The van der Waals surface area contributed by atoms with Gasteiger partial charge in [-0.05, 0) is 18.2 Å². The van der Waals surface area contributed by atoms with Crippen molar-refractivity contribution in [3.63, 3.8) is 0 Å². The van der Waals surface area contributed by atoms with Crippen LogP contribution in [-0.4, -0.2) is 18.2 Å². The molecule has 0 spiro atoms. The van der Waals surface area contributed by atoms with E-state index in [1.54, 1.807) is 36.5 Å². The van der Waals surface area contributed by atoms with Crippen molar-refractivity contribution in [3.05, 3.63) is 48.2 Å². The fourth-order valence-corrected chi connectivity index (χ4v) is 1.44. The molecule has 16 heavy (non-hydrogen) atoms. The number of methoxy groups -OCH3 is 1. The Morgan fingerprint density at radius 3 is 2.94 bits per heavy atom. The maximum absolute atomic E-state index is 11.5. The van der Waals surface area contributed by atoms with Gasteiger partial charge in [0.15, 0.2) is 5.58 Å². The molecule has 0 aliphatic rings. The summed E-state index contributed by atoms with van der Waals surface area (Å²) in [4.78, 5) is 11.5. The average Bonchev–Trinajstić information content (AvgIpc) is 2.28. The number of benzene rings is 1. The van der Waals surface area contributed by atoms with Crippen LogP contribution in [0.25, 0.3) is 11.0 Å². The molecule has 0 saturated heterocycles. The summed E-state index contributed by atoms with van der Waals surface area (Å²) in [6.45, 7) is 0. The summed E-state index contributed by atoms with van der Waals surface area (Å²) < 4.78 is 9.98. The van der Waals surface area contributed by atoms with Gasteiger partial charge >= 0.3 is 5.97 Å². The molecule has 0 fully saturated rings. The van der Waals surface area contributed by atoms with E-state index in [0.717, 1.165) is 0 Å². The Hall–Kier alpha value is -2.23. The van der Waals surface area contributed by atoms with Crippen LogP contribution in [0.5, 0.6) is 0 Å². The zero-order chi connectivity index (χ0) is 11.4. The van der Waals surface area contributed by atoms with Gasteiger partial charge in [-0.3, -0.25) is 0 Å². The first kappa shape index (κ1) is 10.3. The normalized spacial score (nSPS) is 9.81. The Bertz CT molecular complexity index is 552. The van der Waals surface area contributed by atoms with Gasteiger partial charge in [0, 0.05) is 11.6 Å². The first-order valence-electron chi connectivity index (χ1n) is 4.80. The molecular formula is C12H11NO3. The van der Waals surface area contributed by atoms with Crippen LogP contribution in [0.4, 0.5) is 0 Å². The number of ether oxygens (including phenoxy) is 1. The van der Waals surface area contributed by atoms with Crippen LogP contribution in [0.1, 0.15) is 10.4 Å². The topological polar surface area (TPSA) is 55.2 Å². The van der Waals surface area contributed by atoms with Crippen LogP contribution in [0.3, 0.4) is 0 Å². The molecule has 1 aromatic heterocycles. The van der Waals surface area contributed by atoms with Gasteiger partial charge in [-0.15, -0.1) is 0 Å². The Morgan fingerprint density at radius 1 is 1.25 bits per heavy atom. The number of carbonyl (C=O) groups is 1. The molecular weight excluding hydrogens is 206 g/mol. The molecule has 4 nitrogen and oxygen atoms in total. The molecule has 0 aliphatic heterocycles. The predicted octanol–water partition coefficient (Wildman–Crippen LogP) is 2.67. The highest BCUT2D eigenvalue weighted by molar-refractivity contribution is 6.02. The number of esters is 1. The lowest BCUT2D eigenvalue weighted by atomic mass is 10.1. The van der Waals surface area contributed by atoms with Crippen LogP contribution in [0.2, 0.25) is 0 Å². The van der Waals surface area contributed by atoms with Crippen molar-refractivity contribution < 1.29 is 14.1 Å². The van der Waals surface area contributed by atoms with Gasteiger partial charge in [-0.1, -0.05) is 18.2 Å². The molecule has 2 aromatic rings. The summed E-state index contributed by atoms with van der Waals surface area (Å²) in [5.74, 6) is -0.380. The lowest BCUT2D eigenvalue weighted by molar-refractivity contribution is 0.0603. The van der Waals surface area contributed by atoms with Crippen LogP contribution < -0.4 is 0 Å². The number of aromatic amines is 1. The van der Waals surface area contributed by atoms with Crippen molar-refractivity contribution in [2.45, 2.75) is 0 Å². The third kappa shape index (κ3) is 1.91. The average molecular weight is 217 g/mol. The monoisotopic (exact) mass is 217 g/mol. The number of carbonyl (C=O) groups excluding carboxylic acids is 1. The minimum absolute atomic E-state index is 0.380. The van der Waals surface area contributed by atoms with Crippen LogP contribution in [0, 0.1) is 0 Å². The smallest absolute Gasteiger partial charge is 0.338 e. The van der Waals surface area contributed by atoms with E-state index < -0.39 is 0 Å². The van der Waals surface area contributed by atoms with Crippen molar-refractivity contribution in [1.29, 1.82) is 0 Å². The van der Waals surface area contributed by atoms with Gasteiger partial charge in [0.05, 0.1) is 12.7 Å². The third-order valence-corrected chi connectivity index (χ3v) is 2.18. The molecule has 0 unspecified atom stereocenters. The largest absolute Gasteiger partial charge is 0.465 e. The Kier molecular flexibility index (Phi) is 2.91. The second-order valence-corrected chi connectivity index (χ2v) is 3.15. The molecule has 2 rings (SSSR count). The summed E-state index contributed by atoms with van der Waals surface area (Å²) in [5, 5.41) is 3.34. The first-order chi connectivity index (χ1) is 7.83. The van der Waals surface area contributed by atoms with E-state index in [-0.39, 0.29) is 5.97 Å². The number of H-pyrrole nitrogens is 1. The van der Waals surface area contributed by atoms with E-state index >= 15 is 0 Å². The van der Waals surface area contributed by atoms with E-state index in [4.69, 9.17) is 9.26 Å². The molecule has 1 N–H and O–H groups in total. The van der Waals surface area contributed by atoms with Gasteiger partial charge in [0.1, 0.15) is 0 Å². The quantitative estimate of drug-likeness (QED) is 0.747. The molecule has 82 valence electrons. The molecule has 0 amide bonds. The van der Waals surface area contributed by atoms with Crippen LogP contribution in [-0.2, 0) is 4.74 Å². The lowest BCUT2D eigenvalue weighted by Crippen LogP contribution is -2.01. The first-order valence-corrected chi connectivity index (χ1v) is 4.80. The molecule has 4 heteroatoms. The SMILES string of the molecule is COC(=O)c1cccc2o[nH]ccccc12. The standard InChI is InChI=1S/C12H11NO3/c1-15-12(14)10-6-4-7-11-9(10)5-2-3-8-13-16-11/h2-8,13H,1H3. The highest BCUT2D eigenvalue weighted by atomic mass is 16.5. The molecule has 1 aromatic carbocycles. The summed E-state index contributed by atoms with van der Waals surface area (Å²) in [6.07, 6.45) is 1.66. The summed E-state index contributed by atoms with van der Waals surface area (Å²) in [5.41, 5.74) is 1.07. The number of hydrogen-bond acceptors (Lipinski definition) is 3. The molecule has 0 aliphatic carbocycles. The van der Waals surface area contributed by atoms with Crippen LogP contribution in [0.15, 0.2) is 47.1 Å². The van der Waals surface area contributed by atoms with Gasteiger partial charge in [0.2, 0.25) is 0 Å². The number of fused-ring (bicyclic) bond motifs is 1. The molecule has 1 heterocycles. The highest BCUT2D eigenvalue weighted by Crippen LogP contribution is 2.17. The van der Waals surface area contributed by atoms with E-state index in [2.05, 4.69) is 5.16 Å². The maximum Gasteiger partial charge on any atom is 0.338 e. The number of hydrogen-bond donors (Lipinski definition) is 1. The lowest BCUT2D eigenvalue weighted by Gasteiger charge is -2.01.